The Hall–Kier alpha value is -0.600. The van der Waals surface area contributed by atoms with Crippen molar-refractivity contribution in [2.24, 2.45) is 11.7 Å². The van der Waals surface area contributed by atoms with Crippen molar-refractivity contribution in [2.45, 2.75) is 33.2 Å². The van der Waals surface area contributed by atoms with Gasteiger partial charge in [-0.2, -0.15) is 0 Å². The van der Waals surface area contributed by atoms with Crippen molar-refractivity contribution in [1.29, 1.82) is 0 Å². The van der Waals surface area contributed by atoms with E-state index in [0.717, 1.165) is 11.1 Å². The van der Waals surface area contributed by atoms with E-state index in [1.54, 1.807) is 6.20 Å². The molecule has 78 valence electrons. The summed E-state index contributed by atoms with van der Waals surface area (Å²) in [6.45, 7) is 8.14. The molecule has 1 aromatic rings. The van der Waals surface area contributed by atoms with Gasteiger partial charge >= 0.3 is 0 Å². The molecule has 2 N–H and O–H groups in total. The minimum Gasteiger partial charge on any atom is -0.321 e. The normalized spacial score (nSPS) is 15.6. The Bertz CT molecular complexity index is 332. The van der Waals surface area contributed by atoms with Crippen LogP contribution in [0.25, 0.3) is 0 Å². The van der Waals surface area contributed by atoms with E-state index in [0.29, 0.717) is 11.1 Å². The maximum Gasteiger partial charge on any atom is 0.134 e. The smallest absolute Gasteiger partial charge is 0.134 e. The highest BCUT2D eigenvalue weighted by Gasteiger charge is 2.28. The lowest BCUT2D eigenvalue weighted by Crippen LogP contribution is -2.39. The first-order chi connectivity index (χ1) is 6.35. The van der Waals surface area contributed by atoms with Crippen molar-refractivity contribution >= 4 is 11.6 Å². The van der Waals surface area contributed by atoms with Gasteiger partial charge in [-0.05, 0) is 31.4 Å². The van der Waals surface area contributed by atoms with Gasteiger partial charge in [-0.3, -0.25) is 0 Å². The molecule has 0 saturated carbocycles. The second kappa shape index (κ2) is 3.87. The standard InChI is InChI=1S/C11H17ClN2/c1-7(2)11(4,13)9-5-8(3)6-14-10(9)12/h5-7H,13H2,1-4H3. The molecule has 2 nitrogen and oxygen atoms in total. The van der Waals surface area contributed by atoms with Crippen molar-refractivity contribution in [3.05, 3.63) is 28.5 Å². The molecule has 0 aliphatic carbocycles. The second-order valence-electron chi connectivity index (χ2n) is 4.29. The molecule has 0 radical (unpaired) electrons. The van der Waals surface area contributed by atoms with Crippen LogP contribution in [0.5, 0.6) is 0 Å². The number of hydrogen-bond donors (Lipinski definition) is 1. The van der Waals surface area contributed by atoms with Gasteiger partial charge in [0.15, 0.2) is 0 Å². The average molecular weight is 213 g/mol. The van der Waals surface area contributed by atoms with Gasteiger partial charge in [0.1, 0.15) is 5.15 Å². The summed E-state index contributed by atoms with van der Waals surface area (Å²) >= 11 is 6.03. The molecule has 0 amide bonds. The van der Waals surface area contributed by atoms with E-state index >= 15 is 0 Å². The lowest BCUT2D eigenvalue weighted by atomic mass is 9.83. The van der Waals surface area contributed by atoms with E-state index < -0.39 is 5.54 Å². The third-order valence-electron chi connectivity index (χ3n) is 2.76. The zero-order valence-corrected chi connectivity index (χ0v) is 9.89. The Kier molecular flexibility index (Phi) is 3.17. The summed E-state index contributed by atoms with van der Waals surface area (Å²) in [7, 11) is 0. The Morgan fingerprint density at radius 2 is 2.07 bits per heavy atom. The van der Waals surface area contributed by atoms with Gasteiger partial charge in [-0.1, -0.05) is 25.4 Å². The Labute approximate surface area is 90.5 Å². The number of rotatable bonds is 2. The van der Waals surface area contributed by atoms with Gasteiger partial charge in [0, 0.05) is 17.3 Å². The third-order valence-corrected chi connectivity index (χ3v) is 3.06. The Morgan fingerprint density at radius 1 is 1.50 bits per heavy atom. The van der Waals surface area contributed by atoms with Crippen LogP contribution in [0.3, 0.4) is 0 Å². The minimum absolute atomic E-state index is 0.323. The van der Waals surface area contributed by atoms with Crippen molar-refractivity contribution < 1.29 is 0 Å². The first-order valence-corrected chi connectivity index (χ1v) is 5.15. The SMILES string of the molecule is Cc1cnc(Cl)c(C(C)(N)C(C)C)c1. The molecule has 0 aliphatic rings. The van der Waals surface area contributed by atoms with E-state index in [2.05, 4.69) is 18.8 Å². The lowest BCUT2D eigenvalue weighted by Gasteiger charge is -2.30. The van der Waals surface area contributed by atoms with Crippen molar-refractivity contribution in [1.82, 2.24) is 4.98 Å². The fourth-order valence-electron chi connectivity index (χ4n) is 1.24. The summed E-state index contributed by atoms with van der Waals surface area (Å²) in [5, 5.41) is 0.509. The zero-order chi connectivity index (χ0) is 10.9. The van der Waals surface area contributed by atoms with Gasteiger partial charge in [0.2, 0.25) is 0 Å². The molecule has 14 heavy (non-hydrogen) atoms. The number of nitrogens with two attached hydrogens (primary N) is 1. The van der Waals surface area contributed by atoms with Crippen LogP contribution in [0.2, 0.25) is 5.15 Å². The van der Waals surface area contributed by atoms with Crippen molar-refractivity contribution in [3.63, 3.8) is 0 Å². The van der Waals surface area contributed by atoms with Crippen LogP contribution in [-0.2, 0) is 5.54 Å². The number of aryl methyl sites for hydroxylation is 1. The lowest BCUT2D eigenvalue weighted by molar-refractivity contribution is 0.349. The molecule has 0 aliphatic heterocycles. The first kappa shape index (κ1) is 11.5. The van der Waals surface area contributed by atoms with Crippen LogP contribution in [0.15, 0.2) is 12.3 Å². The quantitative estimate of drug-likeness (QED) is 0.766. The average Bonchev–Trinajstić information content (AvgIpc) is 2.08. The van der Waals surface area contributed by atoms with Crippen LogP contribution in [-0.4, -0.2) is 4.98 Å². The Balaban J connectivity index is 3.24. The summed E-state index contributed by atoms with van der Waals surface area (Å²) in [6.07, 6.45) is 1.75. The third kappa shape index (κ3) is 2.07. The Morgan fingerprint density at radius 3 is 2.57 bits per heavy atom. The fourth-order valence-corrected chi connectivity index (χ4v) is 1.55. The molecule has 0 aromatic carbocycles. The molecule has 3 heteroatoms. The highest BCUT2D eigenvalue weighted by Crippen LogP contribution is 2.30. The van der Waals surface area contributed by atoms with Gasteiger partial charge in [0.25, 0.3) is 0 Å². The molecule has 1 atom stereocenters. The number of nitrogens with zero attached hydrogens (tertiary/aromatic N) is 1. The van der Waals surface area contributed by atoms with E-state index in [9.17, 15) is 0 Å². The van der Waals surface area contributed by atoms with Crippen molar-refractivity contribution in [3.8, 4) is 0 Å². The fraction of sp³-hybridized carbons (Fsp3) is 0.545. The molecule has 1 unspecified atom stereocenters. The molecule has 0 saturated heterocycles. The summed E-state index contributed by atoms with van der Waals surface area (Å²) in [5.41, 5.74) is 7.82. The van der Waals surface area contributed by atoms with Gasteiger partial charge in [-0.25, -0.2) is 4.98 Å². The number of aromatic nitrogens is 1. The summed E-state index contributed by atoms with van der Waals surface area (Å²) in [6, 6.07) is 2.01. The summed E-state index contributed by atoms with van der Waals surface area (Å²) in [5.74, 6) is 0.323. The highest BCUT2D eigenvalue weighted by molar-refractivity contribution is 6.30. The van der Waals surface area contributed by atoms with Crippen molar-refractivity contribution in [2.75, 3.05) is 0 Å². The molecule has 1 heterocycles. The van der Waals surface area contributed by atoms with Crippen LogP contribution in [0, 0.1) is 12.8 Å². The van der Waals surface area contributed by atoms with Gasteiger partial charge in [0.05, 0.1) is 0 Å². The van der Waals surface area contributed by atoms with Gasteiger partial charge < -0.3 is 5.73 Å². The van der Waals surface area contributed by atoms with Gasteiger partial charge in [-0.15, -0.1) is 0 Å². The molecule has 0 bridgehead atoms. The van der Waals surface area contributed by atoms with Crippen LogP contribution in [0.4, 0.5) is 0 Å². The molecule has 1 rings (SSSR count). The van der Waals surface area contributed by atoms with Crippen LogP contribution in [0.1, 0.15) is 31.9 Å². The highest BCUT2D eigenvalue weighted by atomic mass is 35.5. The molecular formula is C11H17ClN2. The number of halogens is 1. The minimum atomic E-state index is -0.421. The van der Waals surface area contributed by atoms with Crippen LogP contribution >= 0.6 is 11.6 Å². The van der Waals surface area contributed by atoms with E-state index in [-0.39, 0.29) is 0 Å². The van der Waals surface area contributed by atoms with Crippen LogP contribution < -0.4 is 5.73 Å². The maximum atomic E-state index is 6.23. The monoisotopic (exact) mass is 212 g/mol. The number of pyridine rings is 1. The molecule has 1 aromatic heterocycles. The zero-order valence-electron chi connectivity index (χ0n) is 9.13. The summed E-state index contributed by atoms with van der Waals surface area (Å²) < 4.78 is 0. The second-order valence-corrected chi connectivity index (χ2v) is 4.65. The maximum absolute atomic E-state index is 6.23. The first-order valence-electron chi connectivity index (χ1n) is 4.77. The molecule has 0 fully saturated rings. The topological polar surface area (TPSA) is 38.9 Å². The molecule has 0 spiro atoms. The largest absolute Gasteiger partial charge is 0.321 e. The summed E-state index contributed by atoms with van der Waals surface area (Å²) in [4.78, 5) is 4.11. The van der Waals surface area contributed by atoms with E-state index in [1.165, 1.54) is 0 Å². The number of hydrogen-bond acceptors (Lipinski definition) is 2. The predicted molar refractivity (Wildman–Crippen MR) is 60.4 cm³/mol. The van der Waals surface area contributed by atoms with E-state index in [4.69, 9.17) is 17.3 Å². The van der Waals surface area contributed by atoms with E-state index in [1.807, 2.05) is 19.9 Å². The molecular weight excluding hydrogens is 196 g/mol. The predicted octanol–water partition coefficient (Wildman–Crippen LogP) is 2.87.